The molecule has 5 aromatic rings. The normalized spacial score (nSPS) is 13.9. The van der Waals surface area contributed by atoms with E-state index in [0.717, 1.165) is 53.5 Å². The van der Waals surface area contributed by atoms with Crippen LogP contribution in [0, 0.1) is 0 Å². The molecule has 45 heavy (non-hydrogen) atoms. The molecular formula is C36H35N5O3S. The van der Waals surface area contributed by atoms with Crippen LogP contribution in [0.1, 0.15) is 53.6 Å². The molecule has 0 saturated heterocycles. The summed E-state index contributed by atoms with van der Waals surface area (Å²) in [4.78, 5) is 25.9. The van der Waals surface area contributed by atoms with Crippen molar-refractivity contribution in [1.82, 2.24) is 24.6 Å². The van der Waals surface area contributed by atoms with Crippen molar-refractivity contribution in [2.75, 3.05) is 0 Å². The summed E-state index contributed by atoms with van der Waals surface area (Å²) in [5, 5.41) is 3.09. The van der Waals surface area contributed by atoms with Crippen LogP contribution in [-0.2, 0) is 23.1 Å². The van der Waals surface area contributed by atoms with E-state index in [1.165, 1.54) is 10.7 Å². The summed E-state index contributed by atoms with van der Waals surface area (Å²) >= 11 is 0. The first-order valence-corrected chi connectivity index (χ1v) is 16.7. The molecule has 0 spiro atoms. The highest BCUT2D eigenvalue weighted by atomic mass is 32.2. The summed E-state index contributed by atoms with van der Waals surface area (Å²) in [7, 11) is -3.84. The van der Waals surface area contributed by atoms with E-state index in [1.54, 1.807) is 43.0 Å². The van der Waals surface area contributed by atoms with Gasteiger partial charge in [0.2, 0.25) is 10.0 Å². The summed E-state index contributed by atoms with van der Waals surface area (Å²) in [5.41, 5.74) is 4.79. The van der Waals surface area contributed by atoms with E-state index in [0.29, 0.717) is 11.4 Å². The number of nitrogens with zero attached hydrogens (tertiary/aromatic N) is 4. The molecule has 1 aliphatic carbocycles. The molecular weight excluding hydrogens is 582 g/mol. The molecule has 2 aromatic heterocycles. The van der Waals surface area contributed by atoms with Crippen molar-refractivity contribution in [3.8, 4) is 22.5 Å². The van der Waals surface area contributed by atoms with Gasteiger partial charge in [-0.15, -0.1) is 0 Å². The van der Waals surface area contributed by atoms with Crippen molar-refractivity contribution in [3.63, 3.8) is 0 Å². The molecule has 6 rings (SSSR count). The molecule has 1 saturated carbocycles. The number of amides is 1. The number of carbonyl (C=O) groups excluding carboxylic acids is 1. The van der Waals surface area contributed by atoms with Crippen molar-refractivity contribution < 1.29 is 13.2 Å². The van der Waals surface area contributed by atoms with E-state index in [1.807, 2.05) is 72.8 Å². The average Bonchev–Trinajstić information content (AvgIpc) is 3.10. The fraction of sp³-hybridized carbons (Fsp3) is 0.222. The van der Waals surface area contributed by atoms with Gasteiger partial charge in [-0.1, -0.05) is 92.1 Å². The number of carbonyl (C=O) groups is 1. The standard InChI is InChI=1S/C36H35N5O3S/c42-36(40-33-11-5-2-6-12-33)32-23-38-35(39-24-32)31-15-13-27(14-16-31)25-41(26-28-8-7-21-37-22-28)45(43,44)34-19-17-30(18-20-34)29-9-3-1-4-10-29/h1,3-4,7-10,13-24,33H,2,5-6,11-12,25-26H2,(H,40,42). The Morgan fingerprint density at radius 1 is 0.711 bits per heavy atom. The molecule has 1 amide bonds. The minimum atomic E-state index is -3.84. The van der Waals surface area contributed by atoms with Crippen molar-refractivity contribution in [1.29, 1.82) is 0 Å². The average molecular weight is 618 g/mol. The van der Waals surface area contributed by atoms with E-state index in [4.69, 9.17) is 0 Å². The first-order valence-electron chi connectivity index (χ1n) is 15.2. The van der Waals surface area contributed by atoms with Gasteiger partial charge in [-0.2, -0.15) is 4.31 Å². The minimum Gasteiger partial charge on any atom is -0.349 e. The topological polar surface area (TPSA) is 105 Å². The summed E-state index contributed by atoms with van der Waals surface area (Å²) in [6.45, 7) is 0.338. The summed E-state index contributed by atoms with van der Waals surface area (Å²) in [6, 6.07) is 28.2. The van der Waals surface area contributed by atoms with E-state index in [9.17, 15) is 13.2 Å². The first-order chi connectivity index (χ1) is 22.0. The predicted octanol–water partition coefficient (Wildman–Crippen LogP) is 6.66. The molecule has 0 bridgehead atoms. The Morgan fingerprint density at radius 2 is 1.36 bits per heavy atom. The number of hydrogen-bond acceptors (Lipinski definition) is 6. The third-order valence-corrected chi connectivity index (χ3v) is 9.91. The molecule has 2 heterocycles. The van der Waals surface area contributed by atoms with Crippen LogP contribution in [0.4, 0.5) is 0 Å². The zero-order chi connectivity index (χ0) is 31.1. The molecule has 3 aromatic carbocycles. The number of benzene rings is 3. The highest BCUT2D eigenvalue weighted by Gasteiger charge is 2.25. The number of sulfonamides is 1. The van der Waals surface area contributed by atoms with E-state index >= 15 is 0 Å². The fourth-order valence-electron chi connectivity index (χ4n) is 5.59. The van der Waals surface area contributed by atoms with Gasteiger partial charge in [-0.25, -0.2) is 18.4 Å². The highest BCUT2D eigenvalue weighted by molar-refractivity contribution is 7.89. The van der Waals surface area contributed by atoms with Gasteiger partial charge in [0.15, 0.2) is 5.82 Å². The number of rotatable bonds is 10. The van der Waals surface area contributed by atoms with Crippen LogP contribution in [0.5, 0.6) is 0 Å². The number of aromatic nitrogens is 3. The second kappa shape index (κ2) is 13.9. The number of hydrogen-bond donors (Lipinski definition) is 1. The van der Waals surface area contributed by atoms with Crippen molar-refractivity contribution in [3.05, 3.63) is 132 Å². The lowest BCUT2D eigenvalue weighted by Gasteiger charge is -2.23. The predicted molar refractivity (Wildman–Crippen MR) is 174 cm³/mol. The van der Waals surface area contributed by atoms with Crippen LogP contribution in [0.25, 0.3) is 22.5 Å². The van der Waals surface area contributed by atoms with Gasteiger partial charge >= 0.3 is 0 Å². The van der Waals surface area contributed by atoms with Crippen molar-refractivity contribution in [2.45, 2.75) is 56.1 Å². The second-order valence-electron chi connectivity index (χ2n) is 11.3. The van der Waals surface area contributed by atoms with Crippen LogP contribution < -0.4 is 5.32 Å². The molecule has 228 valence electrons. The maximum Gasteiger partial charge on any atom is 0.254 e. The summed E-state index contributed by atoms with van der Waals surface area (Å²) in [6.07, 6.45) is 12.0. The van der Waals surface area contributed by atoms with E-state index < -0.39 is 10.0 Å². The molecule has 9 heteroatoms. The van der Waals surface area contributed by atoms with Gasteiger partial charge < -0.3 is 5.32 Å². The third-order valence-electron chi connectivity index (χ3n) is 8.11. The lowest BCUT2D eigenvalue weighted by molar-refractivity contribution is 0.0927. The number of nitrogens with one attached hydrogen (secondary N) is 1. The minimum absolute atomic E-state index is 0.145. The Labute approximate surface area is 264 Å². The van der Waals surface area contributed by atoms with Crippen molar-refractivity contribution >= 4 is 15.9 Å². The molecule has 8 nitrogen and oxygen atoms in total. The maximum absolute atomic E-state index is 13.9. The van der Waals surface area contributed by atoms with Gasteiger partial charge in [-0.3, -0.25) is 9.78 Å². The smallest absolute Gasteiger partial charge is 0.254 e. The Bertz CT molecular complexity index is 1810. The van der Waals surface area contributed by atoms with Gasteiger partial charge in [0.25, 0.3) is 5.91 Å². The van der Waals surface area contributed by atoms with Gasteiger partial charge in [-0.05, 0) is 53.3 Å². The quantitative estimate of drug-likeness (QED) is 0.188. The van der Waals surface area contributed by atoms with Crippen LogP contribution in [0.2, 0.25) is 0 Å². The first kappa shape index (κ1) is 30.3. The lowest BCUT2D eigenvalue weighted by atomic mass is 9.95. The molecule has 0 aliphatic heterocycles. The van der Waals surface area contributed by atoms with Gasteiger partial charge in [0.05, 0.1) is 10.5 Å². The fourth-order valence-corrected chi connectivity index (χ4v) is 7.01. The van der Waals surface area contributed by atoms with Crippen LogP contribution in [-0.4, -0.2) is 39.6 Å². The largest absolute Gasteiger partial charge is 0.349 e. The van der Waals surface area contributed by atoms with Gasteiger partial charge in [0, 0.05) is 49.5 Å². The Balaban J connectivity index is 1.18. The van der Waals surface area contributed by atoms with Crippen molar-refractivity contribution in [2.24, 2.45) is 0 Å². The van der Waals surface area contributed by atoms with Crippen LogP contribution in [0.15, 0.2) is 121 Å². The van der Waals surface area contributed by atoms with E-state index in [2.05, 4.69) is 20.3 Å². The van der Waals surface area contributed by atoms with Crippen LogP contribution in [0.3, 0.4) is 0 Å². The lowest BCUT2D eigenvalue weighted by Crippen LogP contribution is -2.36. The second-order valence-corrected chi connectivity index (χ2v) is 13.3. The monoisotopic (exact) mass is 617 g/mol. The van der Waals surface area contributed by atoms with Gasteiger partial charge in [0.1, 0.15) is 0 Å². The Kier molecular flexibility index (Phi) is 9.38. The molecule has 0 unspecified atom stereocenters. The summed E-state index contributed by atoms with van der Waals surface area (Å²) < 4.78 is 29.4. The Morgan fingerprint density at radius 3 is 2.02 bits per heavy atom. The zero-order valence-corrected chi connectivity index (χ0v) is 25.7. The Hall–Kier alpha value is -4.73. The van der Waals surface area contributed by atoms with E-state index in [-0.39, 0.29) is 29.9 Å². The number of pyridine rings is 1. The summed E-state index contributed by atoms with van der Waals surface area (Å²) in [5.74, 6) is 0.350. The molecule has 1 N–H and O–H groups in total. The molecule has 1 fully saturated rings. The zero-order valence-electron chi connectivity index (χ0n) is 24.9. The molecule has 1 aliphatic rings. The molecule has 0 radical (unpaired) electrons. The maximum atomic E-state index is 13.9. The third kappa shape index (κ3) is 7.50. The van der Waals surface area contributed by atoms with Crippen LogP contribution >= 0.6 is 0 Å². The highest BCUT2D eigenvalue weighted by Crippen LogP contribution is 2.26. The SMILES string of the molecule is O=C(NC1CCCCC1)c1cnc(-c2ccc(CN(Cc3cccnc3)S(=O)(=O)c3ccc(-c4ccccc4)cc3)cc2)nc1. The molecule has 0 atom stereocenters.